The molecule has 26 heavy (non-hydrogen) atoms. The van der Waals surface area contributed by atoms with Gasteiger partial charge in [0.15, 0.2) is 5.78 Å². The van der Waals surface area contributed by atoms with E-state index in [0.717, 1.165) is 0 Å². The molecule has 8 nitrogen and oxygen atoms in total. The van der Waals surface area contributed by atoms with Crippen LogP contribution < -0.4 is 5.32 Å². The van der Waals surface area contributed by atoms with Crippen molar-refractivity contribution in [3.63, 3.8) is 0 Å². The third-order valence-electron chi connectivity index (χ3n) is 3.58. The number of benzene rings is 1. The zero-order valence-corrected chi connectivity index (χ0v) is 14.9. The number of aryl methyl sites for hydroxylation is 1. The summed E-state index contributed by atoms with van der Waals surface area (Å²) in [6, 6.07) is 10.5. The predicted molar refractivity (Wildman–Crippen MR) is 96.0 cm³/mol. The van der Waals surface area contributed by atoms with Gasteiger partial charge in [-0.3, -0.25) is 10.1 Å². The normalized spacial score (nSPS) is 10.5. The summed E-state index contributed by atoms with van der Waals surface area (Å²) in [6.07, 6.45) is 2.28. The summed E-state index contributed by atoms with van der Waals surface area (Å²) in [7, 11) is 1.64. The van der Waals surface area contributed by atoms with Gasteiger partial charge in [0.05, 0.1) is 6.54 Å². The van der Waals surface area contributed by atoms with E-state index >= 15 is 0 Å². The Hall–Kier alpha value is -3.07. The minimum Gasteiger partial charge on any atom is -0.364 e. The molecule has 9 heteroatoms. The Kier molecular flexibility index (Phi) is 5.69. The van der Waals surface area contributed by atoms with E-state index in [-0.39, 0.29) is 11.8 Å². The molecule has 2 aromatic heterocycles. The molecule has 0 bridgehead atoms. The highest BCUT2D eigenvalue weighted by Gasteiger charge is 2.14. The van der Waals surface area contributed by atoms with Crippen molar-refractivity contribution in [2.45, 2.75) is 19.4 Å². The molecular weight excluding hydrogens is 354 g/mol. The number of ketones is 1. The second-order valence-corrected chi connectivity index (χ2v) is 6.63. The quantitative estimate of drug-likeness (QED) is 0.641. The van der Waals surface area contributed by atoms with Gasteiger partial charge in [0.1, 0.15) is 17.0 Å². The van der Waals surface area contributed by atoms with Crippen molar-refractivity contribution in [2.24, 2.45) is 0 Å². The van der Waals surface area contributed by atoms with Crippen molar-refractivity contribution in [2.75, 3.05) is 12.4 Å². The van der Waals surface area contributed by atoms with Gasteiger partial charge >= 0.3 is 6.03 Å². The molecule has 0 aliphatic rings. The molecule has 1 aromatic carbocycles. The smallest absolute Gasteiger partial charge is 0.323 e. The van der Waals surface area contributed by atoms with Crippen molar-refractivity contribution in [1.82, 2.24) is 20.3 Å². The van der Waals surface area contributed by atoms with Crippen molar-refractivity contribution in [3.8, 4) is 0 Å². The number of carbonyl (C=O) groups excluding carboxylic acids is 2. The van der Waals surface area contributed by atoms with Crippen LogP contribution in [0.2, 0.25) is 0 Å². The van der Waals surface area contributed by atoms with E-state index in [1.54, 1.807) is 25.2 Å². The third-order valence-corrected chi connectivity index (χ3v) is 4.48. The molecule has 134 valence electrons. The highest BCUT2D eigenvalue weighted by Crippen LogP contribution is 2.18. The number of Topliss-reactive ketones (excluding diaryl/α,β-unsaturated/α-hetero) is 1. The van der Waals surface area contributed by atoms with Crippen LogP contribution in [0.25, 0.3) is 0 Å². The maximum Gasteiger partial charge on any atom is 0.323 e. The molecule has 1 N–H and O–H groups in total. The molecule has 0 saturated heterocycles. The number of nitrogens with one attached hydrogen (secondary N) is 1. The first-order valence-electron chi connectivity index (χ1n) is 7.94. The monoisotopic (exact) mass is 371 g/mol. The van der Waals surface area contributed by atoms with Gasteiger partial charge in [-0.1, -0.05) is 46.8 Å². The Morgan fingerprint density at radius 1 is 1.19 bits per heavy atom. The van der Waals surface area contributed by atoms with Gasteiger partial charge in [-0.05, 0) is 0 Å². The average molecular weight is 371 g/mol. The van der Waals surface area contributed by atoms with Crippen LogP contribution in [0, 0.1) is 0 Å². The van der Waals surface area contributed by atoms with E-state index in [2.05, 4.69) is 20.7 Å². The molecule has 3 rings (SSSR count). The lowest BCUT2D eigenvalue weighted by molar-refractivity contribution is 0.0982. The summed E-state index contributed by atoms with van der Waals surface area (Å²) in [5.74, 6) is 0.0544. The van der Waals surface area contributed by atoms with Crippen LogP contribution in [0.4, 0.5) is 9.93 Å². The fraction of sp³-hybridized carbons (Fsp3) is 0.235. The molecule has 0 aliphatic carbocycles. The molecule has 0 radical (unpaired) electrons. The number of anilines is 1. The highest BCUT2D eigenvalue weighted by molar-refractivity contribution is 7.15. The lowest BCUT2D eigenvalue weighted by Gasteiger charge is -2.14. The number of amides is 2. The highest BCUT2D eigenvalue weighted by atomic mass is 32.1. The van der Waals surface area contributed by atoms with Crippen LogP contribution in [0.3, 0.4) is 0 Å². The second kappa shape index (κ2) is 8.34. The molecular formula is C17H17N5O3S. The fourth-order valence-electron chi connectivity index (χ4n) is 2.21. The Balaban J connectivity index is 1.49. The zero-order valence-electron chi connectivity index (χ0n) is 14.1. The topological polar surface area (TPSA) is 101 Å². The molecule has 0 atom stereocenters. The van der Waals surface area contributed by atoms with E-state index < -0.39 is 0 Å². The summed E-state index contributed by atoms with van der Waals surface area (Å²) >= 11 is 1.26. The molecule has 2 heterocycles. The molecule has 0 unspecified atom stereocenters. The number of urea groups is 1. The maximum absolute atomic E-state index is 12.1. The first-order chi connectivity index (χ1) is 12.6. The van der Waals surface area contributed by atoms with Gasteiger partial charge in [0, 0.05) is 31.5 Å². The minimum atomic E-state index is -0.323. The Bertz CT molecular complexity index is 864. The first-order valence-corrected chi connectivity index (χ1v) is 8.75. The third kappa shape index (κ3) is 4.73. The molecule has 3 aromatic rings. The summed E-state index contributed by atoms with van der Waals surface area (Å²) < 4.78 is 4.74. The van der Waals surface area contributed by atoms with E-state index in [1.165, 1.54) is 22.5 Å². The standard InChI is InChI=1S/C17H17N5O3S/c1-22(11-13-9-10-25-21-13)17(24)18-16-20-19-15(26-16)8-7-14(23)12-5-3-2-4-6-12/h2-6,9-10H,7-8,11H2,1H3,(H,18,20,24). The number of rotatable bonds is 7. The van der Waals surface area contributed by atoms with Crippen molar-refractivity contribution < 1.29 is 14.1 Å². The van der Waals surface area contributed by atoms with Gasteiger partial charge in [0.25, 0.3) is 0 Å². The molecule has 0 aliphatic heterocycles. The average Bonchev–Trinajstić information content (AvgIpc) is 3.32. The van der Waals surface area contributed by atoms with Crippen LogP contribution >= 0.6 is 11.3 Å². The summed E-state index contributed by atoms with van der Waals surface area (Å²) in [5, 5.41) is 15.5. The summed E-state index contributed by atoms with van der Waals surface area (Å²) in [6.45, 7) is 0.319. The van der Waals surface area contributed by atoms with E-state index in [4.69, 9.17) is 4.52 Å². The first kappa shape index (κ1) is 17.7. The number of aromatic nitrogens is 3. The molecule has 0 fully saturated rings. The van der Waals surface area contributed by atoms with E-state index in [9.17, 15) is 9.59 Å². The molecule has 0 saturated carbocycles. The van der Waals surface area contributed by atoms with Crippen molar-refractivity contribution >= 4 is 28.3 Å². The van der Waals surface area contributed by atoms with Crippen molar-refractivity contribution in [3.05, 3.63) is 58.9 Å². The zero-order chi connectivity index (χ0) is 18.4. The number of hydrogen-bond acceptors (Lipinski definition) is 7. The minimum absolute atomic E-state index is 0.0544. The second-order valence-electron chi connectivity index (χ2n) is 5.57. The van der Waals surface area contributed by atoms with Gasteiger partial charge < -0.3 is 9.42 Å². The van der Waals surface area contributed by atoms with Crippen LogP contribution in [0.5, 0.6) is 0 Å². The Labute approximate surface area is 153 Å². The maximum atomic E-state index is 12.1. The Morgan fingerprint density at radius 2 is 2.00 bits per heavy atom. The van der Waals surface area contributed by atoms with E-state index in [0.29, 0.717) is 40.8 Å². The van der Waals surface area contributed by atoms with Crippen LogP contribution in [0.15, 0.2) is 47.2 Å². The predicted octanol–water partition coefficient (Wildman–Crippen LogP) is 3.01. The molecule has 2 amide bonds. The lowest BCUT2D eigenvalue weighted by atomic mass is 10.1. The van der Waals surface area contributed by atoms with Gasteiger partial charge in [-0.15, -0.1) is 10.2 Å². The SMILES string of the molecule is CN(Cc1ccon1)C(=O)Nc1nnc(CCC(=O)c2ccccc2)s1. The van der Waals surface area contributed by atoms with Crippen molar-refractivity contribution in [1.29, 1.82) is 0 Å². The lowest BCUT2D eigenvalue weighted by Crippen LogP contribution is -2.30. The van der Waals surface area contributed by atoms with Crippen LogP contribution in [0.1, 0.15) is 27.5 Å². The van der Waals surface area contributed by atoms with Gasteiger partial charge in [-0.25, -0.2) is 4.79 Å². The Morgan fingerprint density at radius 3 is 2.73 bits per heavy atom. The van der Waals surface area contributed by atoms with E-state index in [1.807, 2.05) is 18.2 Å². The number of nitrogens with zero attached hydrogens (tertiary/aromatic N) is 4. The summed E-state index contributed by atoms with van der Waals surface area (Å²) in [5.41, 5.74) is 1.33. The van der Waals surface area contributed by atoms with Gasteiger partial charge in [-0.2, -0.15) is 0 Å². The molecule has 0 spiro atoms. The largest absolute Gasteiger partial charge is 0.364 e. The van der Waals surface area contributed by atoms with Gasteiger partial charge in [0.2, 0.25) is 5.13 Å². The fourth-order valence-corrected chi connectivity index (χ4v) is 2.94. The number of carbonyl (C=O) groups is 2. The van der Waals surface area contributed by atoms with Crippen LogP contribution in [-0.2, 0) is 13.0 Å². The summed E-state index contributed by atoms with van der Waals surface area (Å²) in [4.78, 5) is 25.7. The number of hydrogen-bond donors (Lipinski definition) is 1. The van der Waals surface area contributed by atoms with Crippen LogP contribution in [-0.4, -0.2) is 39.1 Å².